The van der Waals surface area contributed by atoms with E-state index in [0.717, 1.165) is 23.7 Å². The third-order valence-corrected chi connectivity index (χ3v) is 5.94. The number of rotatable bonds is 8. The van der Waals surface area contributed by atoms with Crippen LogP contribution in [0.15, 0.2) is 41.9 Å². The van der Waals surface area contributed by atoms with E-state index in [2.05, 4.69) is 10.4 Å². The van der Waals surface area contributed by atoms with Gasteiger partial charge >= 0.3 is 6.18 Å². The average Bonchev–Trinajstić information content (AvgIpc) is 3.34. The summed E-state index contributed by atoms with van der Waals surface area (Å²) >= 11 is 7.49. The number of hydrogen-bond donors (Lipinski definition) is 2. The molecule has 3 N–H and O–H groups in total. The molecule has 3 rings (SSSR count). The van der Waals surface area contributed by atoms with E-state index in [1.807, 2.05) is 6.92 Å². The van der Waals surface area contributed by atoms with E-state index in [0.29, 0.717) is 16.4 Å². The highest BCUT2D eigenvalue weighted by Crippen LogP contribution is 2.33. The van der Waals surface area contributed by atoms with E-state index in [4.69, 9.17) is 17.3 Å². The molecule has 2 heterocycles. The number of aryl methyl sites for hydroxylation is 1. The Kier molecular flexibility index (Phi) is 7.40. The maximum Gasteiger partial charge on any atom is 0.416 e. The molecule has 0 bridgehead atoms. The largest absolute Gasteiger partial charge is 0.416 e. The van der Waals surface area contributed by atoms with Crippen LogP contribution in [-0.2, 0) is 19.1 Å². The van der Waals surface area contributed by atoms with E-state index in [9.17, 15) is 18.0 Å². The van der Waals surface area contributed by atoms with Gasteiger partial charge in [-0.25, -0.2) is 0 Å². The van der Waals surface area contributed by atoms with Crippen molar-refractivity contribution in [3.8, 4) is 11.3 Å². The molecular weight excluding hydrogens is 449 g/mol. The number of halogens is 4. The molecule has 1 aromatic carbocycles. The number of benzene rings is 1. The predicted octanol–water partition coefficient (Wildman–Crippen LogP) is 4.99. The Morgan fingerprint density at radius 1 is 1.35 bits per heavy atom. The van der Waals surface area contributed by atoms with Gasteiger partial charge in [-0.3, -0.25) is 9.48 Å². The quantitative estimate of drug-likeness (QED) is 0.487. The van der Waals surface area contributed by atoms with Gasteiger partial charge in [-0.05, 0) is 30.5 Å². The molecule has 0 spiro atoms. The second kappa shape index (κ2) is 9.84. The number of amides is 1. The average molecular weight is 471 g/mol. The highest BCUT2D eigenvalue weighted by atomic mass is 35.5. The van der Waals surface area contributed by atoms with Crippen LogP contribution in [0, 0.1) is 0 Å². The molecule has 0 unspecified atom stereocenters. The van der Waals surface area contributed by atoms with E-state index < -0.39 is 23.7 Å². The molecule has 0 saturated heterocycles. The van der Waals surface area contributed by atoms with Gasteiger partial charge in [-0.15, -0.1) is 11.3 Å². The smallest absolute Gasteiger partial charge is 0.347 e. The molecule has 0 fully saturated rings. The van der Waals surface area contributed by atoms with Crippen LogP contribution in [0.4, 0.5) is 13.2 Å². The first kappa shape index (κ1) is 23.3. The van der Waals surface area contributed by atoms with Gasteiger partial charge in [0, 0.05) is 30.1 Å². The number of nitrogens with one attached hydrogen (secondary N) is 1. The van der Waals surface area contributed by atoms with Crippen LogP contribution < -0.4 is 11.1 Å². The summed E-state index contributed by atoms with van der Waals surface area (Å²) in [7, 11) is 0. The Hall–Kier alpha value is -2.36. The number of nitrogens with zero attached hydrogens (tertiary/aromatic N) is 2. The van der Waals surface area contributed by atoms with Crippen molar-refractivity contribution < 1.29 is 18.0 Å². The third kappa shape index (κ3) is 5.47. The minimum Gasteiger partial charge on any atom is -0.347 e. The van der Waals surface area contributed by atoms with Gasteiger partial charge in [0.2, 0.25) is 0 Å². The second-order valence-electron chi connectivity index (χ2n) is 7.03. The zero-order valence-corrected chi connectivity index (χ0v) is 18.3. The van der Waals surface area contributed by atoms with Crippen molar-refractivity contribution in [1.29, 1.82) is 0 Å². The monoisotopic (exact) mass is 470 g/mol. The van der Waals surface area contributed by atoms with Gasteiger partial charge in [0.05, 0.1) is 27.4 Å². The van der Waals surface area contributed by atoms with Crippen molar-refractivity contribution in [2.75, 3.05) is 6.54 Å². The fourth-order valence-electron chi connectivity index (χ4n) is 3.30. The third-order valence-electron chi connectivity index (χ3n) is 4.74. The SMILES string of the molecule is CCCn1ncc(Cl)c1-c1csc(C(=O)N[C@H](CN)Cc2ccccc2C(F)(F)F)c1. The van der Waals surface area contributed by atoms with Gasteiger partial charge in [0.25, 0.3) is 5.91 Å². The van der Waals surface area contributed by atoms with Gasteiger partial charge in [0.15, 0.2) is 0 Å². The van der Waals surface area contributed by atoms with Gasteiger partial charge in [-0.1, -0.05) is 36.7 Å². The predicted molar refractivity (Wildman–Crippen MR) is 116 cm³/mol. The van der Waals surface area contributed by atoms with Gasteiger partial charge in [0.1, 0.15) is 0 Å². The summed E-state index contributed by atoms with van der Waals surface area (Å²) in [5, 5.41) is 9.29. The van der Waals surface area contributed by atoms with Crippen LogP contribution in [0.3, 0.4) is 0 Å². The zero-order chi connectivity index (χ0) is 22.6. The van der Waals surface area contributed by atoms with E-state index in [1.54, 1.807) is 22.3 Å². The number of carbonyl (C=O) groups is 1. The second-order valence-corrected chi connectivity index (χ2v) is 8.35. The van der Waals surface area contributed by atoms with Gasteiger partial charge < -0.3 is 11.1 Å². The minimum absolute atomic E-state index is 0.00522. The number of nitrogens with two attached hydrogens (primary N) is 1. The van der Waals surface area contributed by atoms with Crippen molar-refractivity contribution in [2.24, 2.45) is 5.73 Å². The number of hydrogen-bond acceptors (Lipinski definition) is 4. The highest BCUT2D eigenvalue weighted by molar-refractivity contribution is 7.12. The number of aromatic nitrogens is 2. The van der Waals surface area contributed by atoms with Crippen LogP contribution in [0.5, 0.6) is 0 Å². The van der Waals surface area contributed by atoms with Crippen molar-refractivity contribution >= 4 is 28.8 Å². The number of thiophene rings is 1. The Morgan fingerprint density at radius 3 is 2.77 bits per heavy atom. The van der Waals surface area contributed by atoms with Crippen molar-refractivity contribution in [1.82, 2.24) is 15.1 Å². The normalized spacial score (nSPS) is 12.7. The molecule has 3 aromatic rings. The molecule has 0 aliphatic heterocycles. The first-order valence-electron chi connectivity index (χ1n) is 9.70. The van der Waals surface area contributed by atoms with Crippen LogP contribution in [0.25, 0.3) is 11.3 Å². The molecular formula is C21H22ClF3N4OS. The maximum absolute atomic E-state index is 13.3. The fraction of sp³-hybridized carbons (Fsp3) is 0.333. The Balaban J connectivity index is 1.76. The topological polar surface area (TPSA) is 72.9 Å². The lowest BCUT2D eigenvalue weighted by Gasteiger charge is -2.19. The fourth-order valence-corrected chi connectivity index (χ4v) is 4.35. The molecule has 0 aliphatic rings. The van der Waals surface area contributed by atoms with Crippen LogP contribution in [0.1, 0.15) is 34.1 Å². The maximum atomic E-state index is 13.3. The summed E-state index contributed by atoms with van der Waals surface area (Å²) in [5.74, 6) is -0.395. The molecule has 166 valence electrons. The summed E-state index contributed by atoms with van der Waals surface area (Å²) < 4.78 is 41.5. The molecule has 0 radical (unpaired) electrons. The van der Waals surface area contributed by atoms with E-state index in [1.165, 1.54) is 29.5 Å². The lowest BCUT2D eigenvalue weighted by atomic mass is 9.99. The molecule has 0 aliphatic carbocycles. The first-order valence-corrected chi connectivity index (χ1v) is 11.0. The summed E-state index contributed by atoms with van der Waals surface area (Å²) in [5.41, 5.74) is 6.60. The van der Waals surface area contributed by atoms with Crippen LogP contribution in [0.2, 0.25) is 5.02 Å². The first-order chi connectivity index (χ1) is 14.7. The summed E-state index contributed by atoms with van der Waals surface area (Å²) in [6.07, 6.45) is -2.05. The lowest BCUT2D eigenvalue weighted by Crippen LogP contribution is -2.41. The van der Waals surface area contributed by atoms with E-state index in [-0.39, 0.29) is 18.5 Å². The Morgan fingerprint density at radius 2 is 2.10 bits per heavy atom. The summed E-state index contributed by atoms with van der Waals surface area (Å²) in [6, 6.07) is 6.36. The van der Waals surface area contributed by atoms with Crippen molar-refractivity contribution in [3.05, 3.63) is 62.9 Å². The molecule has 2 aromatic heterocycles. The van der Waals surface area contributed by atoms with E-state index >= 15 is 0 Å². The minimum atomic E-state index is -4.47. The number of alkyl halides is 3. The molecule has 1 atom stereocenters. The summed E-state index contributed by atoms with van der Waals surface area (Å²) in [6.45, 7) is 2.72. The standard InChI is InChI=1S/C21H22ClF3N4OS/c1-2-7-29-19(17(22)11-27-29)14-9-18(31-12-14)20(30)28-15(10-26)8-13-5-3-4-6-16(13)21(23,24)25/h3-6,9,11-12,15H,2,7-8,10,26H2,1H3,(H,28,30)/t15-/m0/s1. The van der Waals surface area contributed by atoms with Crippen molar-refractivity contribution in [2.45, 2.75) is 38.5 Å². The number of carbonyl (C=O) groups excluding carboxylic acids is 1. The molecule has 5 nitrogen and oxygen atoms in total. The zero-order valence-electron chi connectivity index (χ0n) is 16.7. The molecule has 10 heteroatoms. The van der Waals surface area contributed by atoms with Gasteiger partial charge in [-0.2, -0.15) is 18.3 Å². The highest BCUT2D eigenvalue weighted by Gasteiger charge is 2.33. The Bertz CT molecular complexity index is 1050. The lowest BCUT2D eigenvalue weighted by molar-refractivity contribution is -0.138. The Labute approximate surface area is 187 Å². The molecule has 0 saturated carbocycles. The molecule has 31 heavy (non-hydrogen) atoms. The van der Waals surface area contributed by atoms with Crippen molar-refractivity contribution in [3.63, 3.8) is 0 Å². The van der Waals surface area contributed by atoms with Crippen LogP contribution >= 0.6 is 22.9 Å². The molecule has 1 amide bonds. The van der Waals surface area contributed by atoms with Crippen LogP contribution in [-0.4, -0.2) is 28.3 Å². The summed E-state index contributed by atoms with van der Waals surface area (Å²) in [4.78, 5) is 13.1.